The third kappa shape index (κ3) is 5.36. The molecule has 0 spiro atoms. The van der Waals surface area contributed by atoms with Crippen LogP contribution in [0.15, 0.2) is 0 Å². The Morgan fingerprint density at radius 1 is 1.39 bits per heavy atom. The quantitative estimate of drug-likeness (QED) is 0.616. The highest BCUT2D eigenvalue weighted by molar-refractivity contribution is 5.81. The lowest BCUT2D eigenvalue weighted by atomic mass is 10.0. The first-order valence-corrected chi connectivity index (χ1v) is 7.32. The average Bonchev–Trinajstić information content (AvgIpc) is 2.86. The Balaban J connectivity index is 2.21. The van der Waals surface area contributed by atoms with Gasteiger partial charge in [0.1, 0.15) is 0 Å². The van der Waals surface area contributed by atoms with Gasteiger partial charge in [0.25, 0.3) is 0 Å². The smallest absolute Gasteiger partial charge is 0.237 e. The molecule has 1 aliphatic carbocycles. The van der Waals surface area contributed by atoms with E-state index in [0.717, 1.165) is 32.2 Å². The second kappa shape index (κ2) is 8.48. The number of aliphatic hydroxyl groups is 1. The molecule has 18 heavy (non-hydrogen) atoms. The number of nitrogens with one attached hydrogen (secondary N) is 2. The van der Waals surface area contributed by atoms with Gasteiger partial charge in [0, 0.05) is 12.6 Å². The Bertz CT molecular complexity index is 240. The lowest BCUT2D eigenvalue weighted by Gasteiger charge is -2.20. The number of aliphatic hydroxyl groups excluding tert-OH is 1. The van der Waals surface area contributed by atoms with Crippen molar-refractivity contribution in [1.82, 2.24) is 10.6 Å². The molecule has 3 N–H and O–H groups in total. The Morgan fingerprint density at radius 3 is 2.61 bits per heavy atom. The summed E-state index contributed by atoms with van der Waals surface area (Å²) in [6.07, 6.45) is 6.56. The Labute approximate surface area is 111 Å². The van der Waals surface area contributed by atoms with Crippen LogP contribution in [0.25, 0.3) is 0 Å². The molecule has 1 aliphatic rings. The molecule has 0 saturated heterocycles. The van der Waals surface area contributed by atoms with Gasteiger partial charge < -0.3 is 15.7 Å². The molecule has 0 aromatic heterocycles. The van der Waals surface area contributed by atoms with Gasteiger partial charge in [0.15, 0.2) is 0 Å². The van der Waals surface area contributed by atoms with Crippen molar-refractivity contribution in [3.8, 4) is 0 Å². The van der Waals surface area contributed by atoms with E-state index in [4.69, 9.17) is 5.11 Å². The summed E-state index contributed by atoms with van der Waals surface area (Å²) in [5.74, 6) is 0.567. The summed E-state index contributed by atoms with van der Waals surface area (Å²) in [7, 11) is 0. The second-order valence-corrected chi connectivity index (χ2v) is 5.41. The van der Waals surface area contributed by atoms with Gasteiger partial charge in [-0.05, 0) is 38.6 Å². The van der Waals surface area contributed by atoms with Crippen LogP contribution in [-0.4, -0.2) is 36.2 Å². The molecule has 106 valence electrons. The van der Waals surface area contributed by atoms with Gasteiger partial charge in [-0.1, -0.05) is 26.2 Å². The molecule has 4 heteroatoms. The van der Waals surface area contributed by atoms with Crippen molar-refractivity contribution in [1.29, 1.82) is 0 Å². The number of hydrogen-bond donors (Lipinski definition) is 3. The van der Waals surface area contributed by atoms with Crippen LogP contribution in [0.4, 0.5) is 0 Å². The third-order valence-electron chi connectivity index (χ3n) is 3.92. The van der Waals surface area contributed by atoms with E-state index in [1.54, 1.807) is 0 Å². The van der Waals surface area contributed by atoms with Gasteiger partial charge in [-0.25, -0.2) is 0 Å². The molecule has 0 heterocycles. The van der Waals surface area contributed by atoms with Crippen LogP contribution in [0.2, 0.25) is 0 Å². The molecule has 0 aliphatic heterocycles. The number of carbonyl (C=O) groups is 1. The van der Waals surface area contributed by atoms with Gasteiger partial charge in [0.05, 0.1) is 6.04 Å². The molecule has 1 fully saturated rings. The van der Waals surface area contributed by atoms with Gasteiger partial charge in [-0.3, -0.25) is 4.79 Å². The van der Waals surface area contributed by atoms with E-state index in [2.05, 4.69) is 17.6 Å². The summed E-state index contributed by atoms with van der Waals surface area (Å²) in [5.41, 5.74) is 0. The molecule has 0 radical (unpaired) electrons. The molecular formula is C14H28N2O2. The van der Waals surface area contributed by atoms with E-state index in [-0.39, 0.29) is 18.6 Å². The molecule has 4 nitrogen and oxygen atoms in total. The Hall–Kier alpha value is -0.610. The highest BCUT2D eigenvalue weighted by Crippen LogP contribution is 2.17. The largest absolute Gasteiger partial charge is 0.396 e. The van der Waals surface area contributed by atoms with Crippen molar-refractivity contribution in [2.24, 2.45) is 5.92 Å². The minimum Gasteiger partial charge on any atom is -0.396 e. The van der Waals surface area contributed by atoms with Crippen LogP contribution in [0.1, 0.15) is 52.4 Å². The van der Waals surface area contributed by atoms with Crippen LogP contribution in [-0.2, 0) is 4.79 Å². The highest BCUT2D eigenvalue weighted by Gasteiger charge is 2.20. The maximum Gasteiger partial charge on any atom is 0.237 e. The zero-order valence-electron chi connectivity index (χ0n) is 11.7. The van der Waals surface area contributed by atoms with Gasteiger partial charge in [-0.15, -0.1) is 0 Å². The fourth-order valence-electron chi connectivity index (χ4n) is 2.47. The normalized spacial score (nSPS) is 19.7. The van der Waals surface area contributed by atoms with Crippen LogP contribution < -0.4 is 10.6 Å². The molecule has 1 amide bonds. The topological polar surface area (TPSA) is 61.4 Å². The molecule has 2 unspecified atom stereocenters. The summed E-state index contributed by atoms with van der Waals surface area (Å²) < 4.78 is 0. The fraction of sp³-hybridized carbons (Fsp3) is 0.929. The predicted octanol–water partition coefficient (Wildman–Crippen LogP) is 1.43. The molecule has 1 rings (SSSR count). The van der Waals surface area contributed by atoms with Crippen molar-refractivity contribution in [3.05, 3.63) is 0 Å². The SMILES string of the molecule is CCC(CCO)CNC(C)C(=O)NC1CCCC1. The molecular weight excluding hydrogens is 228 g/mol. The predicted molar refractivity (Wildman–Crippen MR) is 73.3 cm³/mol. The van der Waals surface area contributed by atoms with Gasteiger partial charge in [-0.2, -0.15) is 0 Å². The molecule has 0 aromatic rings. The first-order valence-electron chi connectivity index (χ1n) is 7.32. The number of carbonyl (C=O) groups excluding carboxylic acids is 1. The first kappa shape index (κ1) is 15.4. The minimum atomic E-state index is -0.140. The summed E-state index contributed by atoms with van der Waals surface area (Å²) >= 11 is 0. The van der Waals surface area contributed by atoms with E-state index in [1.165, 1.54) is 12.8 Å². The standard InChI is InChI=1S/C14H28N2O2/c1-3-12(8-9-17)10-15-11(2)14(18)16-13-6-4-5-7-13/h11-13,15,17H,3-10H2,1-2H3,(H,16,18). The molecule has 1 saturated carbocycles. The van der Waals surface area contributed by atoms with Crippen molar-refractivity contribution >= 4 is 5.91 Å². The van der Waals surface area contributed by atoms with Crippen LogP contribution in [0, 0.1) is 5.92 Å². The zero-order valence-corrected chi connectivity index (χ0v) is 11.7. The van der Waals surface area contributed by atoms with Gasteiger partial charge in [0.2, 0.25) is 5.91 Å². The highest BCUT2D eigenvalue weighted by atomic mass is 16.3. The summed E-state index contributed by atoms with van der Waals surface area (Å²) in [5, 5.41) is 15.3. The maximum atomic E-state index is 11.9. The monoisotopic (exact) mass is 256 g/mol. The zero-order chi connectivity index (χ0) is 13.4. The van der Waals surface area contributed by atoms with E-state index in [9.17, 15) is 4.79 Å². The summed E-state index contributed by atoms with van der Waals surface area (Å²) in [4.78, 5) is 11.9. The van der Waals surface area contributed by atoms with E-state index in [1.807, 2.05) is 6.92 Å². The van der Waals surface area contributed by atoms with E-state index < -0.39 is 0 Å². The molecule has 0 aromatic carbocycles. The third-order valence-corrected chi connectivity index (χ3v) is 3.92. The Morgan fingerprint density at radius 2 is 2.06 bits per heavy atom. The van der Waals surface area contributed by atoms with Crippen molar-refractivity contribution in [2.75, 3.05) is 13.2 Å². The van der Waals surface area contributed by atoms with Crippen molar-refractivity contribution in [3.63, 3.8) is 0 Å². The molecule has 2 atom stereocenters. The number of rotatable bonds is 8. The summed E-state index contributed by atoms with van der Waals surface area (Å²) in [6, 6.07) is 0.250. The maximum absolute atomic E-state index is 11.9. The second-order valence-electron chi connectivity index (χ2n) is 5.41. The van der Waals surface area contributed by atoms with Crippen LogP contribution in [0.5, 0.6) is 0 Å². The van der Waals surface area contributed by atoms with E-state index >= 15 is 0 Å². The van der Waals surface area contributed by atoms with Crippen molar-refractivity contribution < 1.29 is 9.90 Å². The number of amides is 1. The lowest BCUT2D eigenvalue weighted by molar-refractivity contribution is -0.123. The van der Waals surface area contributed by atoms with Crippen LogP contribution in [0.3, 0.4) is 0 Å². The number of hydrogen-bond acceptors (Lipinski definition) is 3. The Kier molecular flexibility index (Phi) is 7.28. The first-order chi connectivity index (χ1) is 8.67. The lowest BCUT2D eigenvalue weighted by Crippen LogP contribution is -2.46. The molecule has 0 bridgehead atoms. The average molecular weight is 256 g/mol. The van der Waals surface area contributed by atoms with Crippen LogP contribution >= 0.6 is 0 Å². The minimum absolute atomic E-state index is 0.112. The van der Waals surface area contributed by atoms with E-state index in [0.29, 0.717) is 12.0 Å². The summed E-state index contributed by atoms with van der Waals surface area (Å²) in [6.45, 7) is 5.06. The van der Waals surface area contributed by atoms with Crippen molar-refractivity contribution in [2.45, 2.75) is 64.5 Å². The fourth-order valence-corrected chi connectivity index (χ4v) is 2.47. The van der Waals surface area contributed by atoms with Gasteiger partial charge >= 0.3 is 0 Å².